The van der Waals surface area contributed by atoms with Crippen molar-refractivity contribution in [1.29, 1.82) is 5.26 Å². The quantitative estimate of drug-likeness (QED) is 0.787. The second kappa shape index (κ2) is 6.64. The molecular formula is C14H18ClNO. The first kappa shape index (κ1) is 14.0. The number of nitriles is 1. The third-order valence-electron chi connectivity index (χ3n) is 2.51. The van der Waals surface area contributed by atoms with Crippen molar-refractivity contribution in [3.63, 3.8) is 0 Å². The zero-order valence-electron chi connectivity index (χ0n) is 10.5. The summed E-state index contributed by atoms with van der Waals surface area (Å²) in [6.45, 7) is 6.92. The average Bonchev–Trinajstić information content (AvgIpc) is 2.26. The van der Waals surface area contributed by atoms with E-state index >= 15 is 0 Å². The average molecular weight is 252 g/mol. The second-order valence-electron chi connectivity index (χ2n) is 4.67. The fourth-order valence-corrected chi connectivity index (χ4v) is 1.93. The van der Waals surface area contributed by atoms with Crippen molar-refractivity contribution < 1.29 is 4.74 Å². The maximum absolute atomic E-state index is 8.73. The van der Waals surface area contributed by atoms with Gasteiger partial charge in [0.25, 0.3) is 0 Å². The number of rotatable bonds is 5. The predicted octanol–water partition coefficient (Wildman–Crippen LogP) is 4.16. The molecule has 17 heavy (non-hydrogen) atoms. The van der Waals surface area contributed by atoms with Crippen LogP contribution >= 0.6 is 11.6 Å². The van der Waals surface area contributed by atoms with Crippen LogP contribution in [0.5, 0.6) is 0 Å². The number of hydrogen-bond acceptors (Lipinski definition) is 2. The molecule has 0 aliphatic carbocycles. The highest BCUT2D eigenvalue weighted by Crippen LogP contribution is 2.19. The van der Waals surface area contributed by atoms with Gasteiger partial charge in [-0.1, -0.05) is 31.5 Å². The summed E-state index contributed by atoms with van der Waals surface area (Å²) in [5.41, 5.74) is 1.51. The van der Waals surface area contributed by atoms with E-state index in [0.717, 1.165) is 12.0 Å². The lowest BCUT2D eigenvalue weighted by molar-refractivity contribution is 0.0397. The molecule has 0 aromatic heterocycles. The van der Waals surface area contributed by atoms with E-state index in [9.17, 15) is 0 Å². The second-order valence-corrected chi connectivity index (χ2v) is 5.08. The molecule has 0 spiro atoms. The first-order chi connectivity index (χ1) is 8.02. The monoisotopic (exact) mass is 251 g/mol. The minimum absolute atomic E-state index is 0.224. The molecule has 0 saturated carbocycles. The van der Waals surface area contributed by atoms with E-state index in [2.05, 4.69) is 26.8 Å². The Bertz CT molecular complexity index is 409. The first-order valence-electron chi connectivity index (χ1n) is 5.83. The number of ether oxygens (including phenoxy) is 1. The molecular weight excluding hydrogens is 234 g/mol. The normalized spacial score (nSPS) is 12.5. The highest BCUT2D eigenvalue weighted by atomic mass is 35.5. The minimum Gasteiger partial charge on any atom is -0.374 e. The molecule has 0 saturated heterocycles. The topological polar surface area (TPSA) is 33.0 Å². The van der Waals surface area contributed by atoms with Gasteiger partial charge in [-0.05, 0) is 37.0 Å². The Morgan fingerprint density at radius 3 is 2.59 bits per heavy atom. The van der Waals surface area contributed by atoms with Crippen molar-refractivity contribution in [2.75, 3.05) is 0 Å². The summed E-state index contributed by atoms with van der Waals surface area (Å²) < 4.78 is 5.73. The van der Waals surface area contributed by atoms with Crippen molar-refractivity contribution in [3.05, 3.63) is 34.3 Å². The van der Waals surface area contributed by atoms with Crippen LogP contribution in [0.1, 0.15) is 38.3 Å². The standard InChI is InChI=1S/C14H18ClNO/c1-10(2)6-11(3)17-9-13-5-4-12(8-16)7-14(13)15/h4-5,7,10-11H,6,9H2,1-3H3. The van der Waals surface area contributed by atoms with Crippen LogP contribution < -0.4 is 0 Å². The van der Waals surface area contributed by atoms with Crippen LogP contribution in [-0.2, 0) is 11.3 Å². The molecule has 2 nitrogen and oxygen atoms in total. The molecule has 1 unspecified atom stereocenters. The van der Waals surface area contributed by atoms with E-state index in [1.165, 1.54) is 0 Å². The Hall–Kier alpha value is -1.04. The summed E-state index contributed by atoms with van der Waals surface area (Å²) in [7, 11) is 0. The predicted molar refractivity (Wildman–Crippen MR) is 69.9 cm³/mol. The molecule has 0 heterocycles. The smallest absolute Gasteiger partial charge is 0.0992 e. The molecule has 1 atom stereocenters. The molecule has 3 heteroatoms. The van der Waals surface area contributed by atoms with Gasteiger partial charge in [0.15, 0.2) is 0 Å². The summed E-state index contributed by atoms with van der Waals surface area (Å²) >= 11 is 6.07. The van der Waals surface area contributed by atoms with Crippen molar-refractivity contribution in [2.24, 2.45) is 5.92 Å². The minimum atomic E-state index is 0.224. The highest BCUT2D eigenvalue weighted by molar-refractivity contribution is 6.31. The highest BCUT2D eigenvalue weighted by Gasteiger charge is 2.07. The Kier molecular flexibility index (Phi) is 5.47. The molecule has 0 aliphatic heterocycles. The van der Waals surface area contributed by atoms with Crippen LogP contribution in [0.25, 0.3) is 0 Å². The molecule has 0 amide bonds. The summed E-state index contributed by atoms with van der Waals surface area (Å²) in [6.07, 6.45) is 1.26. The van der Waals surface area contributed by atoms with Crippen LogP contribution in [0.4, 0.5) is 0 Å². The molecule has 1 aromatic rings. The third-order valence-corrected chi connectivity index (χ3v) is 2.86. The third kappa shape index (κ3) is 4.77. The first-order valence-corrected chi connectivity index (χ1v) is 6.21. The van der Waals surface area contributed by atoms with Gasteiger partial charge in [-0.15, -0.1) is 0 Å². The van der Waals surface area contributed by atoms with E-state index in [4.69, 9.17) is 21.6 Å². The van der Waals surface area contributed by atoms with Crippen LogP contribution in [0.15, 0.2) is 18.2 Å². The van der Waals surface area contributed by atoms with Gasteiger partial charge in [0.1, 0.15) is 0 Å². The van der Waals surface area contributed by atoms with Crippen LogP contribution in [0.3, 0.4) is 0 Å². The summed E-state index contributed by atoms with van der Waals surface area (Å²) in [5.74, 6) is 0.626. The Morgan fingerprint density at radius 2 is 2.06 bits per heavy atom. The van der Waals surface area contributed by atoms with Gasteiger partial charge in [0.2, 0.25) is 0 Å². The van der Waals surface area contributed by atoms with E-state index < -0.39 is 0 Å². The summed E-state index contributed by atoms with van der Waals surface area (Å²) in [6, 6.07) is 7.35. The van der Waals surface area contributed by atoms with Gasteiger partial charge in [0.05, 0.1) is 24.3 Å². The maximum Gasteiger partial charge on any atom is 0.0992 e. The zero-order valence-corrected chi connectivity index (χ0v) is 11.3. The zero-order chi connectivity index (χ0) is 12.8. The molecule has 0 N–H and O–H groups in total. The van der Waals surface area contributed by atoms with Gasteiger partial charge in [-0.25, -0.2) is 0 Å². The van der Waals surface area contributed by atoms with Crippen LogP contribution in [0.2, 0.25) is 5.02 Å². The lowest BCUT2D eigenvalue weighted by Crippen LogP contribution is -2.11. The Morgan fingerprint density at radius 1 is 1.35 bits per heavy atom. The largest absolute Gasteiger partial charge is 0.374 e. The molecule has 0 bridgehead atoms. The SMILES string of the molecule is CC(C)CC(C)OCc1ccc(C#N)cc1Cl. The van der Waals surface area contributed by atoms with E-state index in [-0.39, 0.29) is 6.10 Å². The Balaban J connectivity index is 2.55. The molecule has 0 radical (unpaired) electrons. The number of hydrogen-bond donors (Lipinski definition) is 0. The van der Waals surface area contributed by atoms with Gasteiger partial charge >= 0.3 is 0 Å². The lowest BCUT2D eigenvalue weighted by atomic mass is 10.1. The summed E-state index contributed by atoms with van der Waals surface area (Å²) in [4.78, 5) is 0. The molecule has 0 fully saturated rings. The number of halogens is 1. The Labute approximate surface area is 108 Å². The van der Waals surface area contributed by atoms with Crippen molar-refractivity contribution >= 4 is 11.6 Å². The summed E-state index contributed by atoms with van der Waals surface area (Å²) in [5, 5.41) is 9.33. The fraction of sp³-hybridized carbons (Fsp3) is 0.500. The van der Waals surface area contributed by atoms with Crippen LogP contribution in [0, 0.1) is 17.2 Å². The van der Waals surface area contributed by atoms with Gasteiger partial charge in [-0.2, -0.15) is 5.26 Å². The molecule has 92 valence electrons. The van der Waals surface area contributed by atoms with Crippen molar-refractivity contribution in [3.8, 4) is 6.07 Å². The van der Waals surface area contributed by atoms with E-state index in [1.54, 1.807) is 12.1 Å². The van der Waals surface area contributed by atoms with Gasteiger partial charge in [0, 0.05) is 5.02 Å². The van der Waals surface area contributed by atoms with Crippen molar-refractivity contribution in [1.82, 2.24) is 0 Å². The van der Waals surface area contributed by atoms with Crippen LogP contribution in [-0.4, -0.2) is 6.10 Å². The van der Waals surface area contributed by atoms with E-state index in [0.29, 0.717) is 23.1 Å². The van der Waals surface area contributed by atoms with Gasteiger partial charge in [-0.3, -0.25) is 0 Å². The van der Waals surface area contributed by atoms with E-state index in [1.807, 2.05) is 6.07 Å². The molecule has 1 rings (SSSR count). The number of nitrogens with zero attached hydrogens (tertiary/aromatic N) is 1. The lowest BCUT2D eigenvalue weighted by Gasteiger charge is -2.15. The maximum atomic E-state index is 8.73. The fourth-order valence-electron chi connectivity index (χ4n) is 1.70. The number of benzene rings is 1. The van der Waals surface area contributed by atoms with Gasteiger partial charge < -0.3 is 4.74 Å². The molecule has 0 aliphatic rings. The van der Waals surface area contributed by atoms with Crippen molar-refractivity contribution in [2.45, 2.75) is 39.9 Å². The molecule has 1 aromatic carbocycles.